The maximum Gasteiger partial charge on any atom is 0.306 e. The zero-order valence-corrected chi connectivity index (χ0v) is 16.1. The number of carbonyl (C=O) groups is 1. The van der Waals surface area contributed by atoms with E-state index in [-0.39, 0.29) is 6.42 Å². The van der Waals surface area contributed by atoms with Crippen molar-refractivity contribution in [2.45, 2.75) is 44.6 Å². The quantitative estimate of drug-likeness (QED) is 0.672. The van der Waals surface area contributed by atoms with Gasteiger partial charge in [0.05, 0.1) is 24.2 Å². The molecule has 1 aromatic carbocycles. The molecule has 0 fully saturated rings. The largest absolute Gasteiger partial charge is 0.481 e. The van der Waals surface area contributed by atoms with Crippen LogP contribution in [-0.4, -0.2) is 22.7 Å². The second-order valence-corrected chi connectivity index (χ2v) is 7.73. The van der Waals surface area contributed by atoms with Crippen LogP contribution in [0.25, 0.3) is 10.9 Å². The fourth-order valence-electron chi connectivity index (χ4n) is 3.49. The molecule has 1 atom stereocenters. The number of halogens is 2. The standard InChI is InChI=1S/C17H19Br2NO3/c1-2-3-7-17(9-13(21)22)16-10(6-8-23-17)14-11(18)4-5-12(19)15(14)20-16/h4-5,20H,2-3,6-9H2,1H3,(H,21,22). The van der Waals surface area contributed by atoms with Gasteiger partial charge in [0.1, 0.15) is 5.60 Å². The molecule has 1 unspecified atom stereocenters. The van der Waals surface area contributed by atoms with Gasteiger partial charge in [0.2, 0.25) is 0 Å². The van der Waals surface area contributed by atoms with E-state index in [9.17, 15) is 9.90 Å². The summed E-state index contributed by atoms with van der Waals surface area (Å²) in [4.78, 5) is 14.9. The number of carboxylic acids is 1. The number of carboxylic acid groups (broad SMARTS) is 1. The number of H-pyrrole nitrogens is 1. The van der Waals surface area contributed by atoms with Crippen molar-refractivity contribution >= 4 is 48.7 Å². The lowest BCUT2D eigenvalue weighted by atomic mass is 9.84. The summed E-state index contributed by atoms with van der Waals surface area (Å²) < 4.78 is 8.07. The van der Waals surface area contributed by atoms with Gasteiger partial charge in [0.15, 0.2) is 0 Å². The van der Waals surface area contributed by atoms with Crippen molar-refractivity contribution in [3.63, 3.8) is 0 Å². The van der Waals surface area contributed by atoms with Crippen LogP contribution in [0.4, 0.5) is 0 Å². The molecule has 0 amide bonds. The van der Waals surface area contributed by atoms with Gasteiger partial charge < -0.3 is 14.8 Å². The number of aliphatic carboxylic acids is 1. The van der Waals surface area contributed by atoms with Gasteiger partial charge in [-0.2, -0.15) is 0 Å². The van der Waals surface area contributed by atoms with Crippen LogP contribution in [0, 0.1) is 0 Å². The summed E-state index contributed by atoms with van der Waals surface area (Å²) in [6.07, 6.45) is 3.43. The molecule has 6 heteroatoms. The number of rotatable bonds is 5. The number of ether oxygens (including phenoxy) is 1. The SMILES string of the molecule is CCCCC1(CC(=O)O)OCCc2c1[nH]c1c(Br)ccc(Br)c21. The van der Waals surface area contributed by atoms with E-state index in [1.165, 1.54) is 5.56 Å². The number of aromatic amines is 1. The molecule has 2 aromatic rings. The minimum Gasteiger partial charge on any atom is -0.481 e. The number of benzene rings is 1. The molecular weight excluding hydrogens is 426 g/mol. The van der Waals surface area contributed by atoms with Gasteiger partial charge in [-0.25, -0.2) is 0 Å². The Morgan fingerprint density at radius 3 is 2.83 bits per heavy atom. The van der Waals surface area contributed by atoms with Crippen LogP contribution in [0.3, 0.4) is 0 Å². The van der Waals surface area contributed by atoms with Crippen molar-refractivity contribution in [2.24, 2.45) is 0 Å². The highest BCUT2D eigenvalue weighted by atomic mass is 79.9. The summed E-state index contributed by atoms with van der Waals surface area (Å²) in [7, 11) is 0. The smallest absolute Gasteiger partial charge is 0.306 e. The monoisotopic (exact) mass is 443 g/mol. The molecule has 0 saturated heterocycles. The molecule has 0 bridgehead atoms. The van der Waals surface area contributed by atoms with Gasteiger partial charge >= 0.3 is 5.97 Å². The zero-order valence-electron chi connectivity index (χ0n) is 12.9. The Morgan fingerprint density at radius 2 is 2.13 bits per heavy atom. The second kappa shape index (κ2) is 6.57. The number of hydrogen-bond donors (Lipinski definition) is 2. The van der Waals surface area contributed by atoms with E-state index in [2.05, 4.69) is 43.8 Å². The first-order valence-electron chi connectivity index (χ1n) is 7.83. The van der Waals surface area contributed by atoms with Crippen LogP contribution in [0.1, 0.15) is 43.9 Å². The normalized spacial score (nSPS) is 20.7. The first-order chi connectivity index (χ1) is 11.0. The molecule has 1 aromatic heterocycles. The first kappa shape index (κ1) is 17.0. The van der Waals surface area contributed by atoms with Gasteiger partial charge in [-0.05, 0) is 46.5 Å². The molecule has 0 aliphatic carbocycles. The van der Waals surface area contributed by atoms with Gasteiger partial charge in [0.25, 0.3) is 0 Å². The molecule has 4 nitrogen and oxygen atoms in total. The summed E-state index contributed by atoms with van der Waals surface area (Å²) in [5, 5.41) is 10.6. The van der Waals surface area contributed by atoms with E-state index in [1.54, 1.807) is 0 Å². The number of fused-ring (bicyclic) bond motifs is 3. The average molecular weight is 445 g/mol. The molecular formula is C17H19Br2NO3. The van der Waals surface area contributed by atoms with Crippen LogP contribution in [0.2, 0.25) is 0 Å². The zero-order chi connectivity index (χ0) is 16.6. The third-order valence-corrected chi connectivity index (χ3v) is 5.84. The Hall–Kier alpha value is -0.850. The minimum atomic E-state index is -0.828. The number of nitrogens with one attached hydrogen (secondary N) is 1. The van der Waals surface area contributed by atoms with Crippen LogP contribution < -0.4 is 0 Å². The van der Waals surface area contributed by atoms with Crippen LogP contribution in [0.5, 0.6) is 0 Å². The average Bonchev–Trinajstić information content (AvgIpc) is 2.91. The van der Waals surface area contributed by atoms with Crippen LogP contribution in [0.15, 0.2) is 21.1 Å². The van der Waals surface area contributed by atoms with E-state index >= 15 is 0 Å². The summed E-state index contributed by atoms with van der Waals surface area (Å²) in [5.74, 6) is -0.828. The Kier molecular flexibility index (Phi) is 4.85. The van der Waals surface area contributed by atoms with Gasteiger partial charge in [-0.3, -0.25) is 4.79 Å². The molecule has 0 spiro atoms. The van der Waals surface area contributed by atoms with Crippen molar-refractivity contribution < 1.29 is 14.6 Å². The Labute approximate surface area is 151 Å². The van der Waals surface area contributed by atoms with E-state index in [0.717, 1.165) is 44.8 Å². The highest BCUT2D eigenvalue weighted by Crippen LogP contribution is 2.45. The third kappa shape index (κ3) is 2.96. The fourth-order valence-corrected chi connectivity index (χ4v) is 4.48. The summed E-state index contributed by atoms with van der Waals surface area (Å²) >= 11 is 7.22. The van der Waals surface area contributed by atoms with Crippen molar-refractivity contribution in [3.05, 3.63) is 32.3 Å². The lowest BCUT2D eigenvalue weighted by Gasteiger charge is -2.36. The van der Waals surface area contributed by atoms with Gasteiger partial charge in [0, 0.05) is 14.3 Å². The predicted molar refractivity (Wildman–Crippen MR) is 96.8 cm³/mol. The Bertz CT molecular complexity index is 756. The highest BCUT2D eigenvalue weighted by Gasteiger charge is 2.42. The summed E-state index contributed by atoms with van der Waals surface area (Å²) in [5.41, 5.74) is 2.35. The summed E-state index contributed by atoms with van der Waals surface area (Å²) in [6.45, 7) is 2.66. The van der Waals surface area contributed by atoms with E-state index in [4.69, 9.17) is 4.74 Å². The second-order valence-electron chi connectivity index (χ2n) is 6.02. The molecule has 0 radical (unpaired) electrons. The molecule has 2 N–H and O–H groups in total. The molecule has 23 heavy (non-hydrogen) atoms. The van der Waals surface area contributed by atoms with E-state index in [0.29, 0.717) is 13.0 Å². The molecule has 2 heterocycles. The molecule has 3 rings (SSSR count). The lowest BCUT2D eigenvalue weighted by molar-refractivity contribution is -0.149. The number of unbranched alkanes of at least 4 members (excludes halogenated alkanes) is 1. The van der Waals surface area contributed by atoms with Crippen molar-refractivity contribution in [2.75, 3.05) is 6.61 Å². The first-order valence-corrected chi connectivity index (χ1v) is 9.42. The molecule has 0 saturated carbocycles. The molecule has 1 aliphatic heterocycles. The fraction of sp³-hybridized carbons (Fsp3) is 0.471. The Balaban J connectivity index is 2.22. The number of aromatic nitrogens is 1. The summed E-state index contributed by atoms with van der Waals surface area (Å²) in [6, 6.07) is 4.00. The Morgan fingerprint density at radius 1 is 1.39 bits per heavy atom. The van der Waals surface area contributed by atoms with E-state index < -0.39 is 11.6 Å². The third-order valence-electron chi connectivity index (χ3n) is 4.51. The topological polar surface area (TPSA) is 62.3 Å². The lowest BCUT2D eigenvalue weighted by Crippen LogP contribution is -2.38. The number of hydrogen-bond acceptors (Lipinski definition) is 2. The van der Waals surface area contributed by atoms with Crippen LogP contribution in [-0.2, 0) is 21.6 Å². The highest BCUT2D eigenvalue weighted by molar-refractivity contribution is 9.11. The maximum absolute atomic E-state index is 11.5. The van der Waals surface area contributed by atoms with Gasteiger partial charge in [-0.1, -0.05) is 35.7 Å². The predicted octanol–water partition coefficient (Wildman–Crippen LogP) is 5.13. The molecule has 124 valence electrons. The van der Waals surface area contributed by atoms with Crippen LogP contribution >= 0.6 is 31.9 Å². The van der Waals surface area contributed by atoms with Crippen molar-refractivity contribution in [1.29, 1.82) is 0 Å². The van der Waals surface area contributed by atoms with E-state index in [1.807, 2.05) is 12.1 Å². The minimum absolute atomic E-state index is 0.0118. The van der Waals surface area contributed by atoms with Crippen molar-refractivity contribution in [1.82, 2.24) is 4.98 Å². The maximum atomic E-state index is 11.5. The van der Waals surface area contributed by atoms with Gasteiger partial charge in [-0.15, -0.1) is 0 Å². The molecule has 1 aliphatic rings. The van der Waals surface area contributed by atoms with Crippen molar-refractivity contribution in [3.8, 4) is 0 Å².